The quantitative estimate of drug-likeness (QED) is 0.631. The molecule has 0 fully saturated rings. The average Bonchev–Trinajstić information content (AvgIpc) is 2.67. The molecule has 0 aliphatic rings. The third kappa shape index (κ3) is 6.38. The number of anilines is 1. The molecule has 0 saturated carbocycles. The molecule has 0 saturated heterocycles. The summed E-state index contributed by atoms with van der Waals surface area (Å²) in [6.45, 7) is 0.179. The van der Waals surface area contributed by atoms with Gasteiger partial charge in [0.25, 0.3) is 0 Å². The predicted octanol–water partition coefficient (Wildman–Crippen LogP) is 3.32. The molecule has 0 spiro atoms. The summed E-state index contributed by atoms with van der Waals surface area (Å²) in [5, 5.41) is 13.8. The second kappa shape index (κ2) is 9.89. The first-order valence-corrected chi connectivity index (χ1v) is 8.73. The van der Waals surface area contributed by atoms with E-state index < -0.39 is 23.6 Å². The van der Waals surface area contributed by atoms with Crippen molar-refractivity contribution in [1.82, 2.24) is 5.32 Å². The van der Waals surface area contributed by atoms with Gasteiger partial charge in [-0.25, -0.2) is 0 Å². The fraction of sp³-hybridized carbons (Fsp3) is 0.300. The maximum Gasteiger partial charge on any atom is 0.416 e. The van der Waals surface area contributed by atoms with E-state index in [-0.39, 0.29) is 24.8 Å². The Hall–Kier alpha value is -2.87. The van der Waals surface area contributed by atoms with Gasteiger partial charge in [-0.3, -0.25) is 9.59 Å². The maximum absolute atomic E-state index is 12.7. The lowest BCUT2D eigenvalue weighted by atomic mass is 9.93. The average molecular weight is 394 g/mol. The van der Waals surface area contributed by atoms with E-state index in [0.717, 1.165) is 23.8 Å². The second-order valence-corrected chi connectivity index (χ2v) is 6.20. The van der Waals surface area contributed by atoms with E-state index in [1.54, 1.807) is 0 Å². The Morgan fingerprint density at radius 3 is 2.32 bits per heavy atom. The molecule has 3 N–H and O–H groups in total. The van der Waals surface area contributed by atoms with Crippen LogP contribution < -0.4 is 10.6 Å². The van der Waals surface area contributed by atoms with Gasteiger partial charge in [-0.15, -0.1) is 0 Å². The lowest BCUT2D eigenvalue weighted by Crippen LogP contribution is -2.36. The molecule has 2 rings (SSSR count). The van der Waals surface area contributed by atoms with Crippen LogP contribution in [0.2, 0.25) is 0 Å². The Labute approximate surface area is 160 Å². The van der Waals surface area contributed by atoms with Crippen LogP contribution in [0.25, 0.3) is 0 Å². The van der Waals surface area contributed by atoms with E-state index in [1.165, 1.54) is 6.07 Å². The molecule has 1 unspecified atom stereocenters. The minimum Gasteiger partial charge on any atom is -0.396 e. The van der Waals surface area contributed by atoms with Crippen LogP contribution in [0.3, 0.4) is 0 Å². The third-order valence-electron chi connectivity index (χ3n) is 4.18. The van der Waals surface area contributed by atoms with Crippen molar-refractivity contribution in [2.24, 2.45) is 0 Å². The molecule has 2 aromatic carbocycles. The number of hydrogen-bond donors (Lipinski definition) is 3. The van der Waals surface area contributed by atoms with Crippen molar-refractivity contribution in [3.05, 3.63) is 65.7 Å². The number of nitrogens with one attached hydrogen (secondary N) is 2. The first kappa shape index (κ1) is 21.4. The second-order valence-electron chi connectivity index (χ2n) is 6.20. The van der Waals surface area contributed by atoms with E-state index in [9.17, 15) is 27.9 Å². The molecule has 0 radical (unpaired) electrons. The van der Waals surface area contributed by atoms with Crippen LogP contribution in [-0.2, 0) is 15.8 Å². The Bertz CT molecular complexity index is 795. The largest absolute Gasteiger partial charge is 0.416 e. The number of rotatable bonds is 7. The number of benzene rings is 2. The minimum atomic E-state index is -4.54. The highest BCUT2D eigenvalue weighted by molar-refractivity contribution is 6.39. The molecule has 0 heterocycles. The van der Waals surface area contributed by atoms with Crippen molar-refractivity contribution in [2.45, 2.75) is 24.9 Å². The molecule has 8 heteroatoms. The molecule has 150 valence electrons. The predicted molar refractivity (Wildman–Crippen MR) is 98.6 cm³/mol. The Balaban J connectivity index is 1.88. The SMILES string of the molecule is O=C(NCCC(CCO)c1ccccc1)C(=O)Nc1cccc(C(F)(F)F)c1. The van der Waals surface area contributed by atoms with Crippen LogP contribution >= 0.6 is 0 Å². The van der Waals surface area contributed by atoms with Gasteiger partial charge in [0.05, 0.1) is 5.56 Å². The molecule has 5 nitrogen and oxygen atoms in total. The highest BCUT2D eigenvalue weighted by Gasteiger charge is 2.30. The van der Waals surface area contributed by atoms with E-state index in [4.69, 9.17) is 0 Å². The van der Waals surface area contributed by atoms with Crippen LogP contribution in [0, 0.1) is 0 Å². The number of amides is 2. The van der Waals surface area contributed by atoms with Crippen molar-refractivity contribution in [3.63, 3.8) is 0 Å². The molecule has 0 aromatic heterocycles. The molecule has 0 aliphatic carbocycles. The van der Waals surface area contributed by atoms with E-state index in [0.29, 0.717) is 12.8 Å². The van der Waals surface area contributed by atoms with Crippen LogP contribution in [0.15, 0.2) is 54.6 Å². The van der Waals surface area contributed by atoms with E-state index in [1.807, 2.05) is 30.3 Å². The molecule has 2 aromatic rings. The summed E-state index contributed by atoms with van der Waals surface area (Å²) >= 11 is 0. The lowest BCUT2D eigenvalue weighted by molar-refractivity contribution is -0.137. The maximum atomic E-state index is 12.7. The fourth-order valence-electron chi connectivity index (χ4n) is 2.76. The third-order valence-corrected chi connectivity index (χ3v) is 4.18. The molecule has 0 bridgehead atoms. The summed E-state index contributed by atoms with van der Waals surface area (Å²) in [7, 11) is 0. The lowest BCUT2D eigenvalue weighted by Gasteiger charge is -2.16. The zero-order chi connectivity index (χ0) is 20.6. The number of halogens is 3. The van der Waals surface area contributed by atoms with Crippen LogP contribution in [0.1, 0.15) is 29.9 Å². The highest BCUT2D eigenvalue weighted by atomic mass is 19.4. The number of carbonyl (C=O) groups excluding carboxylic acids is 2. The van der Waals surface area contributed by atoms with E-state index >= 15 is 0 Å². The van der Waals surface area contributed by atoms with Gasteiger partial charge >= 0.3 is 18.0 Å². The number of hydrogen-bond acceptors (Lipinski definition) is 3. The van der Waals surface area contributed by atoms with Crippen molar-refractivity contribution in [1.29, 1.82) is 0 Å². The van der Waals surface area contributed by atoms with E-state index in [2.05, 4.69) is 10.6 Å². The van der Waals surface area contributed by atoms with Crippen molar-refractivity contribution in [2.75, 3.05) is 18.5 Å². The summed E-state index contributed by atoms with van der Waals surface area (Å²) in [5.41, 5.74) is -0.0166. The first-order valence-electron chi connectivity index (χ1n) is 8.73. The fourth-order valence-corrected chi connectivity index (χ4v) is 2.76. The smallest absolute Gasteiger partial charge is 0.396 e. The number of carbonyl (C=O) groups is 2. The topological polar surface area (TPSA) is 78.4 Å². The molecule has 2 amide bonds. The van der Waals surface area contributed by atoms with Gasteiger partial charge in [0.15, 0.2) is 0 Å². The Morgan fingerprint density at radius 1 is 0.964 bits per heavy atom. The van der Waals surface area contributed by atoms with Gasteiger partial charge in [0, 0.05) is 18.8 Å². The molecular weight excluding hydrogens is 373 g/mol. The Kier molecular flexibility index (Phi) is 7.57. The highest BCUT2D eigenvalue weighted by Crippen LogP contribution is 2.30. The zero-order valence-electron chi connectivity index (χ0n) is 15.0. The Morgan fingerprint density at radius 2 is 1.68 bits per heavy atom. The van der Waals surface area contributed by atoms with Crippen LogP contribution in [0.4, 0.5) is 18.9 Å². The van der Waals surface area contributed by atoms with Gasteiger partial charge in [-0.05, 0) is 42.5 Å². The van der Waals surface area contributed by atoms with Gasteiger partial charge < -0.3 is 15.7 Å². The summed E-state index contributed by atoms with van der Waals surface area (Å²) < 4.78 is 38.1. The summed E-state index contributed by atoms with van der Waals surface area (Å²) in [4.78, 5) is 23.8. The summed E-state index contributed by atoms with van der Waals surface area (Å²) in [6.07, 6.45) is -3.52. The van der Waals surface area contributed by atoms with Crippen molar-refractivity contribution in [3.8, 4) is 0 Å². The molecule has 0 aliphatic heterocycles. The standard InChI is InChI=1S/C20H21F3N2O3/c21-20(22,23)16-7-4-8-17(13-16)25-19(28)18(27)24-11-9-15(10-12-26)14-5-2-1-3-6-14/h1-8,13,15,26H,9-12H2,(H,24,27)(H,25,28). The van der Waals surface area contributed by atoms with Gasteiger partial charge in [0.2, 0.25) is 0 Å². The zero-order valence-corrected chi connectivity index (χ0v) is 15.0. The number of aliphatic hydroxyl groups is 1. The van der Waals surface area contributed by atoms with Crippen LogP contribution in [0.5, 0.6) is 0 Å². The number of alkyl halides is 3. The first-order chi connectivity index (χ1) is 13.3. The monoisotopic (exact) mass is 394 g/mol. The number of aliphatic hydroxyl groups excluding tert-OH is 1. The molecular formula is C20H21F3N2O3. The van der Waals surface area contributed by atoms with Gasteiger partial charge in [0.1, 0.15) is 0 Å². The van der Waals surface area contributed by atoms with Gasteiger partial charge in [-0.1, -0.05) is 36.4 Å². The van der Waals surface area contributed by atoms with Crippen molar-refractivity contribution < 1.29 is 27.9 Å². The van der Waals surface area contributed by atoms with Crippen LogP contribution in [-0.4, -0.2) is 30.1 Å². The normalized spacial score (nSPS) is 12.3. The molecule has 1 atom stereocenters. The minimum absolute atomic E-state index is 0.0104. The van der Waals surface area contributed by atoms with Gasteiger partial charge in [-0.2, -0.15) is 13.2 Å². The summed E-state index contributed by atoms with van der Waals surface area (Å²) in [5.74, 6) is -1.97. The molecule has 28 heavy (non-hydrogen) atoms. The summed E-state index contributed by atoms with van der Waals surface area (Å²) in [6, 6.07) is 13.5. The van der Waals surface area contributed by atoms with Crippen molar-refractivity contribution >= 4 is 17.5 Å².